The molecule has 1 aliphatic heterocycles. The first kappa shape index (κ1) is 10.5. The minimum Gasteiger partial charge on any atom is -0.489 e. The van der Waals surface area contributed by atoms with Crippen LogP contribution in [0.2, 0.25) is 0 Å². The smallest absolute Gasteiger partial charge is 0.125 e. The SMILES string of the molecule is Cc1cc(C)c(OC2CCNC2)c(C)c1. The number of nitrogens with one attached hydrogen (secondary N) is 1. The lowest BCUT2D eigenvalue weighted by molar-refractivity contribution is 0.220. The van der Waals surface area contributed by atoms with Gasteiger partial charge in [-0.25, -0.2) is 0 Å². The van der Waals surface area contributed by atoms with Gasteiger partial charge in [-0.15, -0.1) is 0 Å². The van der Waals surface area contributed by atoms with E-state index in [-0.39, 0.29) is 0 Å². The average Bonchev–Trinajstić information content (AvgIpc) is 2.63. The van der Waals surface area contributed by atoms with Crippen molar-refractivity contribution in [3.63, 3.8) is 0 Å². The van der Waals surface area contributed by atoms with Gasteiger partial charge in [-0.2, -0.15) is 0 Å². The third-order valence-electron chi connectivity index (χ3n) is 2.90. The van der Waals surface area contributed by atoms with Gasteiger partial charge in [0.2, 0.25) is 0 Å². The van der Waals surface area contributed by atoms with Gasteiger partial charge in [-0.3, -0.25) is 0 Å². The van der Waals surface area contributed by atoms with E-state index in [1.807, 2.05) is 0 Å². The van der Waals surface area contributed by atoms with E-state index in [9.17, 15) is 0 Å². The van der Waals surface area contributed by atoms with E-state index in [0.29, 0.717) is 6.10 Å². The Labute approximate surface area is 91.6 Å². The lowest BCUT2D eigenvalue weighted by Gasteiger charge is -2.17. The van der Waals surface area contributed by atoms with E-state index in [4.69, 9.17) is 4.74 Å². The highest BCUT2D eigenvalue weighted by Gasteiger charge is 2.17. The second kappa shape index (κ2) is 4.23. The van der Waals surface area contributed by atoms with E-state index in [0.717, 1.165) is 25.3 Å². The van der Waals surface area contributed by atoms with E-state index >= 15 is 0 Å². The zero-order valence-corrected chi connectivity index (χ0v) is 9.76. The van der Waals surface area contributed by atoms with E-state index in [2.05, 4.69) is 38.2 Å². The van der Waals surface area contributed by atoms with E-state index in [1.165, 1.54) is 16.7 Å². The summed E-state index contributed by atoms with van der Waals surface area (Å²) in [4.78, 5) is 0. The summed E-state index contributed by atoms with van der Waals surface area (Å²) >= 11 is 0. The standard InChI is InChI=1S/C13H19NO/c1-9-6-10(2)13(11(3)7-9)15-12-4-5-14-8-12/h6-7,12,14H,4-5,8H2,1-3H3. The van der Waals surface area contributed by atoms with Gasteiger partial charge in [-0.05, 0) is 44.9 Å². The van der Waals surface area contributed by atoms with Crippen molar-refractivity contribution in [2.24, 2.45) is 0 Å². The molecule has 0 bridgehead atoms. The molecule has 1 saturated heterocycles. The molecule has 0 amide bonds. The summed E-state index contributed by atoms with van der Waals surface area (Å²) in [5.74, 6) is 1.08. The first-order chi connectivity index (χ1) is 7.16. The van der Waals surface area contributed by atoms with Crippen molar-refractivity contribution in [1.29, 1.82) is 0 Å². The van der Waals surface area contributed by atoms with Crippen molar-refractivity contribution in [2.45, 2.75) is 33.3 Å². The van der Waals surface area contributed by atoms with Gasteiger partial charge < -0.3 is 10.1 Å². The molecule has 2 rings (SSSR count). The Morgan fingerprint density at radius 1 is 1.20 bits per heavy atom. The first-order valence-electron chi connectivity index (χ1n) is 5.62. The third-order valence-corrected chi connectivity index (χ3v) is 2.90. The van der Waals surface area contributed by atoms with Crippen LogP contribution in [0.1, 0.15) is 23.1 Å². The van der Waals surface area contributed by atoms with Crippen LogP contribution in [0, 0.1) is 20.8 Å². The lowest BCUT2D eigenvalue weighted by atomic mass is 10.1. The fraction of sp³-hybridized carbons (Fsp3) is 0.538. The third kappa shape index (κ3) is 2.32. The van der Waals surface area contributed by atoms with Crippen LogP contribution in [0.3, 0.4) is 0 Å². The zero-order valence-electron chi connectivity index (χ0n) is 9.76. The molecular formula is C13H19NO. The highest BCUT2D eigenvalue weighted by Crippen LogP contribution is 2.26. The Bertz CT molecular complexity index is 331. The Morgan fingerprint density at radius 3 is 2.40 bits per heavy atom. The highest BCUT2D eigenvalue weighted by atomic mass is 16.5. The monoisotopic (exact) mass is 205 g/mol. The highest BCUT2D eigenvalue weighted by molar-refractivity contribution is 5.43. The van der Waals surface area contributed by atoms with Gasteiger partial charge >= 0.3 is 0 Å². The van der Waals surface area contributed by atoms with E-state index < -0.39 is 0 Å². The van der Waals surface area contributed by atoms with Crippen LogP contribution in [0.4, 0.5) is 0 Å². The van der Waals surface area contributed by atoms with Crippen LogP contribution in [0.15, 0.2) is 12.1 Å². The summed E-state index contributed by atoms with van der Waals surface area (Å²) < 4.78 is 6.03. The minimum absolute atomic E-state index is 0.352. The number of aryl methyl sites for hydroxylation is 3. The normalized spacial score (nSPS) is 20.6. The van der Waals surface area contributed by atoms with Crippen LogP contribution in [0.5, 0.6) is 5.75 Å². The second-order valence-electron chi connectivity index (χ2n) is 4.46. The summed E-state index contributed by atoms with van der Waals surface area (Å²) in [5, 5.41) is 3.32. The van der Waals surface area contributed by atoms with Crippen LogP contribution in [-0.4, -0.2) is 19.2 Å². The fourth-order valence-electron chi connectivity index (χ4n) is 2.25. The van der Waals surface area contributed by atoms with Crippen LogP contribution in [0.25, 0.3) is 0 Å². The molecule has 0 radical (unpaired) electrons. The lowest BCUT2D eigenvalue weighted by Crippen LogP contribution is -2.20. The van der Waals surface area contributed by atoms with Crippen molar-refractivity contribution in [2.75, 3.05) is 13.1 Å². The Morgan fingerprint density at radius 2 is 1.87 bits per heavy atom. The Balaban J connectivity index is 2.19. The molecule has 0 saturated carbocycles. The molecule has 1 aromatic carbocycles. The Hall–Kier alpha value is -1.02. The summed E-state index contributed by atoms with van der Waals surface area (Å²) in [6.45, 7) is 8.43. The summed E-state index contributed by atoms with van der Waals surface area (Å²) in [6, 6.07) is 4.37. The van der Waals surface area contributed by atoms with Crippen LogP contribution >= 0.6 is 0 Å². The first-order valence-corrected chi connectivity index (χ1v) is 5.62. The maximum atomic E-state index is 6.03. The summed E-state index contributed by atoms with van der Waals surface area (Å²) in [6.07, 6.45) is 1.47. The number of ether oxygens (including phenoxy) is 1. The predicted octanol–water partition coefficient (Wildman–Crippen LogP) is 2.35. The van der Waals surface area contributed by atoms with Crippen molar-refractivity contribution in [3.8, 4) is 5.75 Å². The minimum atomic E-state index is 0.352. The molecule has 2 heteroatoms. The maximum Gasteiger partial charge on any atom is 0.125 e. The van der Waals surface area contributed by atoms with Gasteiger partial charge in [0, 0.05) is 6.54 Å². The second-order valence-corrected chi connectivity index (χ2v) is 4.46. The molecule has 0 aromatic heterocycles. The molecule has 1 atom stereocenters. The molecule has 0 spiro atoms. The van der Waals surface area contributed by atoms with Gasteiger partial charge in [0.1, 0.15) is 11.9 Å². The predicted molar refractivity (Wildman–Crippen MR) is 62.6 cm³/mol. The number of benzene rings is 1. The van der Waals surface area contributed by atoms with Crippen molar-refractivity contribution >= 4 is 0 Å². The van der Waals surface area contributed by atoms with Gasteiger partial charge in [-0.1, -0.05) is 17.7 Å². The fourth-order valence-corrected chi connectivity index (χ4v) is 2.25. The number of rotatable bonds is 2. The molecule has 2 nitrogen and oxygen atoms in total. The molecule has 15 heavy (non-hydrogen) atoms. The van der Waals surface area contributed by atoms with Gasteiger partial charge in [0.25, 0.3) is 0 Å². The Kier molecular flexibility index (Phi) is 2.96. The molecule has 1 aliphatic rings. The molecular weight excluding hydrogens is 186 g/mol. The quantitative estimate of drug-likeness (QED) is 0.800. The average molecular weight is 205 g/mol. The molecule has 1 fully saturated rings. The van der Waals surface area contributed by atoms with E-state index in [1.54, 1.807) is 0 Å². The maximum absolute atomic E-state index is 6.03. The van der Waals surface area contributed by atoms with Crippen LogP contribution < -0.4 is 10.1 Å². The largest absolute Gasteiger partial charge is 0.489 e. The molecule has 1 unspecified atom stereocenters. The van der Waals surface area contributed by atoms with Crippen LogP contribution in [-0.2, 0) is 0 Å². The molecule has 82 valence electrons. The van der Waals surface area contributed by atoms with Gasteiger partial charge in [0.15, 0.2) is 0 Å². The summed E-state index contributed by atoms with van der Waals surface area (Å²) in [5.41, 5.74) is 3.81. The van der Waals surface area contributed by atoms with Crippen molar-refractivity contribution in [1.82, 2.24) is 5.32 Å². The topological polar surface area (TPSA) is 21.3 Å². The van der Waals surface area contributed by atoms with Crippen molar-refractivity contribution in [3.05, 3.63) is 28.8 Å². The number of hydrogen-bond donors (Lipinski definition) is 1. The van der Waals surface area contributed by atoms with Crippen molar-refractivity contribution < 1.29 is 4.74 Å². The molecule has 0 aliphatic carbocycles. The zero-order chi connectivity index (χ0) is 10.8. The molecule has 1 N–H and O–H groups in total. The van der Waals surface area contributed by atoms with Gasteiger partial charge in [0.05, 0.1) is 0 Å². The number of hydrogen-bond acceptors (Lipinski definition) is 2. The molecule has 1 heterocycles. The molecule has 1 aromatic rings. The summed E-state index contributed by atoms with van der Waals surface area (Å²) in [7, 11) is 0.